The number of aromatic nitrogens is 1. The van der Waals surface area contributed by atoms with Crippen LogP contribution in [0.1, 0.15) is 39.3 Å². The number of aliphatic hydroxyl groups is 1. The first-order valence-corrected chi connectivity index (χ1v) is 9.31. The molecule has 2 heterocycles. The van der Waals surface area contributed by atoms with E-state index in [1.54, 1.807) is 20.8 Å². The second-order valence-corrected chi connectivity index (χ2v) is 8.15. The largest absolute Gasteiger partial charge is 0.444 e. The van der Waals surface area contributed by atoms with Crippen molar-refractivity contribution in [2.45, 2.75) is 44.8 Å². The lowest BCUT2D eigenvalue weighted by Gasteiger charge is -2.38. The molecule has 0 saturated carbocycles. The molecule has 0 spiro atoms. The van der Waals surface area contributed by atoms with Gasteiger partial charge in [-0.2, -0.15) is 0 Å². The Labute approximate surface area is 167 Å². The summed E-state index contributed by atoms with van der Waals surface area (Å²) < 4.78 is 46.3. The average molecular weight is 408 g/mol. The number of piperidine rings is 1. The Morgan fingerprint density at radius 1 is 1.14 bits per heavy atom. The molecule has 5 nitrogen and oxygen atoms in total. The van der Waals surface area contributed by atoms with Crippen molar-refractivity contribution >= 4 is 6.09 Å². The van der Waals surface area contributed by atoms with Crippen molar-refractivity contribution in [2.75, 3.05) is 13.1 Å². The number of ether oxygens (including phenoxy) is 1. The van der Waals surface area contributed by atoms with Gasteiger partial charge in [0.25, 0.3) is 0 Å². The van der Waals surface area contributed by atoms with Gasteiger partial charge in [-0.1, -0.05) is 0 Å². The van der Waals surface area contributed by atoms with Crippen LogP contribution >= 0.6 is 0 Å². The Morgan fingerprint density at radius 3 is 2.41 bits per heavy atom. The van der Waals surface area contributed by atoms with E-state index in [9.17, 15) is 23.1 Å². The van der Waals surface area contributed by atoms with Crippen molar-refractivity contribution in [2.24, 2.45) is 0 Å². The molecule has 0 bridgehead atoms. The molecule has 1 saturated heterocycles. The Morgan fingerprint density at radius 2 is 1.79 bits per heavy atom. The lowest BCUT2D eigenvalue weighted by atomic mass is 9.87. The van der Waals surface area contributed by atoms with Crippen molar-refractivity contribution < 1.29 is 27.8 Å². The van der Waals surface area contributed by atoms with Gasteiger partial charge < -0.3 is 14.7 Å². The van der Waals surface area contributed by atoms with Gasteiger partial charge in [-0.3, -0.25) is 4.98 Å². The second-order valence-electron chi connectivity index (χ2n) is 8.15. The van der Waals surface area contributed by atoms with Gasteiger partial charge in [0.05, 0.1) is 5.69 Å². The van der Waals surface area contributed by atoms with Gasteiger partial charge in [-0.05, 0) is 63.4 Å². The molecule has 2 aromatic rings. The number of hydrogen-bond acceptors (Lipinski definition) is 4. The monoisotopic (exact) mass is 408 g/mol. The van der Waals surface area contributed by atoms with Gasteiger partial charge >= 0.3 is 6.09 Å². The number of carbonyl (C=O) groups excluding carboxylic acids is 1. The zero-order chi connectivity index (χ0) is 21.4. The first-order valence-electron chi connectivity index (χ1n) is 9.31. The van der Waals surface area contributed by atoms with Gasteiger partial charge in [-0.15, -0.1) is 0 Å². The third-order valence-electron chi connectivity index (χ3n) is 4.83. The first kappa shape index (κ1) is 21.1. The molecule has 0 aliphatic carbocycles. The van der Waals surface area contributed by atoms with Gasteiger partial charge in [0.15, 0.2) is 17.5 Å². The van der Waals surface area contributed by atoms with Crippen LogP contribution in [0.2, 0.25) is 0 Å². The van der Waals surface area contributed by atoms with E-state index >= 15 is 0 Å². The predicted octanol–water partition coefficient (Wildman–Crippen LogP) is 4.38. The van der Waals surface area contributed by atoms with Crippen LogP contribution in [0, 0.1) is 17.5 Å². The quantitative estimate of drug-likeness (QED) is 0.749. The van der Waals surface area contributed by atoms with E-state index in [0.29, 0.717) is 0 Å². The number of benzene rings is 1. The molecule has 1 aliphatic rings. The normalized spacial score (nSPS) is 16.6. The minimum Gasteiger partial charge on any atom is -0.444 e. The molecular weight excluding hydrogens is 385 g/mol. The molecule has 1 N–H and O–H groups in total. The van der Waals surface area contributed by atoms with Gasteiger partial charge in [0, 0.05) is 24.8 Å². The maximum absolute atomic E-state index is 14.1. The highest BCUT2D eigenvalue weighted by atomic mass is 19.2. The zero-order valence-electron chi connectivity index (χ0n) is 16.5. The molecule has 29 heavy (non-hydrogen) atoms. The van der Waals surface area contributed by atoms with Crippen molar-refractivity contribution in [3.63, 3.8) is 0 Å². The van der Waals surface area contributed by atoms with Crippen molar-refractivity contribution in [1.82, 2.24) is 9.88 Å². The summed E-state index contributed by atoms with van der Waals surface area (Å²) >= 11 is 0. The number of halogens is 3. The molecule has 0 atom stereocenters. The highest BCUT2D eigenvalue weighted by molar-refractivity contribution is 5.68. The highest BCUT2D eigenvalue weighted by Gasteiger charge is 2.38. The van der Waals surface area contributed by atoms with E-state index < -0.39 is 34.7 Å². The number of amides is 1. The van der Waals surface area contributed by atoms with E-state index in [1.165, 1.54) is 23.2 Å². The zero-order valence-corrected chi connectivity index (χ0v) is 16.5. The Hall–Kier alpha value is -2.61. The van der Waals surface area contributed by atoms with Crippen LogP contribution in [0.3, 0.4) is 0 Å². The van der Waals surface area contributed by atoms with Gasteiger partial charge in [0.2, 0.25) is 0 Å². The third-order valence-corrected chi connectivity index (χ3v) is 4.83. The first-order chi connectivity index (χ1) is 13.5. The number of carbonyl (C=O) groups is 1. The summed E-state index contributed by atoms with van der Waals surface area (Å²) in [6, 6.07) is 4.90. The SMILES string of the molecule is CC(C)(C)OC(=O)N1CCC(O)(c2cc(-c3ccc(F)c(F)c3F)ccn2)CC1. The molecule has 1 fully saturated rings. The molecule has 1 aromatic heterocycles. The third kappa shape index (κ3) is 4.53. The molecule has 8 heteroatoms. The molecule has 0 radical (unpaired) electrons. The molecule has 1 aliphatic heterocycles. The summed E-state index contributed by atoms with van der Waals surface area (Å²) in [4.78, 5) is 17.9. The smallest absolute Gasteiger partial charge is 0.410 e. The van der Waals surface area contributed by atoms with Crippen LogP contribution in [-0.4, -0.2) is 39.8 Å². The predicted molar refractivity (Wildman–Crippen MR) is 100 cm³/mol. The second kappa shape index (κ2) is 7.67. The number of hydrogen-bond donors (Lipinski definition) is 1. The molecule has 1 amide bonds. The summed E-state index contributed by atoms with van der Waals surface area (Å²) in [5.41, 5.74) is -1.52. The summed E-state index contributed by atoms with van der Waals surface area (Å²) in [6.45, 7) is 5.85. The van der Waals surface area contributed by atoms with Gasteiger partial charge in [-0.25, -0.2) is 18.0 Å². The van der Waals surface area contributed by atoms with Crippen molar-refractivity contribution in [3.05, 3.63) is 53.6 Å². The van der Waals surface area contributed by atoms with E-state index in [-0.39, 0.29) is 42.8 Å². The van der Waals surface area contributed by atoms with Crippen LogP contribution in [0.25, 0.3) is 11.1 Å². The molecule has 0 unspecified atom stereocenters. The Bertz CT molecular complexity index is 920. The fourth-order valence-corrected chi connectivity index (χ4v) is 3.24. The summed E-state index contributed by atoms with van der Waals surface area (Å²) in [5.74, 6) is -4.12. The van der Waals surface area contributed by atoms with Gasteiger partial charge in [0.1, 0.15) is 11.2 Å². The van der Waals surface area contributed by atoms with Crippen LogP contribution in [0.4, 0.5) is 18.0 Å². The van der Waals surface area contributed by atoms with Crippen molar-refractivity contribution in [3.8, 4) is 11.1 Å². The Balaban J connectivity index is 1.80. The highest BCUT2D eigenvalue weighted by Crippen LogP contribution is 2.35. The van der Waals surface area contributed by atoms with Crippen LogP contribution < -0.4 is 0 Å². The number of likely N-dealkylation sites (tertiary alicyclic amines) is 1. The average Bonchev–Trinajstić information content (AvgIpc) is 2.65. The molecule has 1 aromatic carbocycles. The lowest BCUT2D eigenvalue weighted by Crippen LogP contribution is -2.47. The minimum absolute atomic E-state index is 0.123. The van der Waals surface area contributed by atoms with Crippen LogP contribution in [0.5, 0.6) is 0 Å². The lowest BCUT2D eigenvalue weighted by molar-refractivity contribution is -0.0381. The van der Waals surface area contributed by atoms with Crippen LogP contribution in [-0.2, 0) is 10.3 Å². The maximum Gasteiger partial charge on any atom is 0.410 e. The Kier molecular flexibility index (Phi) is 5.58. The number of pyridine rings is 1. The number of nitrogens with zero attached hydrogens (tertiary/aromatic N) is 2. The summed E-state index contributed by atoms with van der Waals surface area (Å²) in [6.07, 6.45) is 1.35. The fourth-order valence-electron chi connectivity index (χ4n) is 3.24. The van der Waals surface area contributed by atoms with E-state index in [2.05, 4.69) is 4.98 Å². The van der Waals surface area contributed by atoms with E-state index in [0.717, 1.165) is 12.1 Å². The fraction of sp³-hybridized carbons (Fsp3) is 0.429. The molecule has 156 valence electrons. The van der Waals surface area contributed by atoms with E-state index in [1.807, 2.05) is 0 Å². The molecular formula is C21H23F3N2O3. The number of rotatable bonds is 2. The standard InChI is InChI=1S/C21H23F3N2O3/c1-20(2,3)29-19(27)26-10-7-21(28,8-11-26)16-12-13(6-9-25-16)14-4-5-15(22)18(24)17(14)23/h4-6,9,12,28H,7-8,10-11H2,1-3H3. The van der Waals surface area contributed by atoms with Crippen LogP contribution in [0.15, 0.2) is 30.5 Å². The van der Waals surface area contributed by atoms with Crippen molar-refractivity contribution in [1.29, 1.82) is 0 Å². The van der Waals surface area contributed by atoms with E-state index in [4.69, 9.17) is 4.74 Å². The maximum atomic E-state index is 14.1. The molecule has 3 rings (SSSR count). The summed E-state index contributed by atoms with van der Waals surface area (Å²) in [7, 11) is 0. The minimum atomic E-state index is -1.55. The topological polar surface area (TPSA) is 62.7 Å². The summed E-state index contributed by atoms with van der Waals surface area (Å²) in [5, 5.41) is 11.0.